The number of nitrogens with one attached hydrogen (secondary N) is 2. The normalized spacial score (nSPS) is 21.3. The van der Waals surface area contributed by atoms with Gasteiger partial charge in [0.05, 0.1) is 36.9 Å². The Labute approximate surface area is 233 Å². The first kappa shape index (κ1) is 28.2. The molecule has 0 unspecified atom stereocenters. The van der Waals surface area contributed by atoms with E-state index >= 15 is 0 Å². The van der Waals surface area contributed by atoms with Crippen molar-refractivity contribution in [2.45, 2.75) is 50.1 Å². The SMILES string of the molecule is CC1(C)Cc2c(sc(NC(=O)c3ccc(S(=O)(=O)N4CCOCC4)cc3)c2C(=O)N2CCOCC2)C(C)(C)N1. The molecular formula is C27H36N4O6S2. The average molecular weight is 577 g/mol. The summed E-state index contributed by atoms with van der Waals surface area (Å²) in [5.74, 6) is -0.503. The van der Waals surface area contributed by atoms with Crippen molar-refractivity contribution in [3.05, 3.63) is 45.8 Å². The number of benzene rings is 1. The highest BCUT2D eigenvalue weighted by atomic mass is 32.2. The van der Waals surface area contributed by atoms with Gasteiger partial charge in [0.15, 0.2) is 0 Å². The highest BCUT2D eigenvalue weighted by Gasteiger charge is 2.42. The Balaban J connectivity index is 1.45. The number of morpholine rings is 2. The average Bonchev–Trinajstić information content (AvgIpc) is 3.26. The molecule has 12 heteroatoms. The second-order valence-corrected chi connectivity index (χ2v) is 14.3. The molecular weight excluding hydrogens is 540 g/mol. The third-order valence-electron chi connectivity index (χ3n) is 7.31. The molecule has 2 aromatic rings. The molecule has 1 aromatic heterocycles. The maximum absolute atomic E-state index is 13.8. The molecule has 1 aromatic carbocycles. The van der Waals surface area contributed by atoms with E-state index in [1.165, 1.54) is 39.9 Å². The molecule has 3 aliphatic heterocycles. The summed E-state index contributed by atoms with van der Waals surface area (Å²) >= 11 is 1.42. The number of amides is 2. The lowest BCUT2D eigenvalue weighted by molar-refractivity contribution is 0.0302. The number of carbonyl (C=O) groups is 2. The van der Waals surface area contributed by atoms with E-state index in [9.17, 15) is 18.0 Å². The van der Waals surface area contributed by atoms with Crippen LogP contribution < -0.4 is 10.6 Å². The van der Waals surface area contributed by atoms with E-state index in [0.717, 1.165) is 10.4 Å². The summed E-state index contributed by atoms with van der Waals surface area (Å²) in [6.45, 7) is 11.7. The Kier molecular flexibility index (Phi) is 7.64. The van der Waals surface area contributed by atoms with Crippen LogP contribution in [-0.4, -0.2) is 87.6 Å². The molecule has 0 saturated carbocycles. The number of sulfonamides is 1. The lowest BCUT2D eigenvalue weighted by atomic mass is 9.81. The van der Waals surface area contributed by atoms with Crippen LogP contribution in [0, 0.1) is 0 Å². The van der Waals surface area contributed by atoms with Crippen molar-refractivity contribution in [1.29, 1.82) is 0 Å². The third kappa shape index (κ3) is 5.63. The van der Waals surface area contributed by atoms with Gasteiger partial charge in [-0.1, -0.05) is 0 Å². The van der Waals surface area contributed by atoms with Gasteiger partial charge in [0.25, 0.3) is 11.8 Å². The Morgan fingerprint density at radius 3 is 2.15 bits per heavy atom. The minimum atomic E-state index is -3.66. The third-order valence-corrected chi connectivity index (χ3v) is 10.7. The Morgan fingerprint density at radius 1 is 0.949 bits per heavy atom. The number of ether oxygens (including phenoxy) is 2. The monoisotopic (exact) mass is 576 g/mol. The number of hydrogen-bond acceptors (Lipinski definition) is 8. The van der Waals surface area contributed by atoms with Gasteiger partial charge >= 0.3 is 0 Å². The van der Waals surface area contributed by atoms with E-state index in [-0.39, 0.29) is 21.9 Å². The fraction of sp³-hybridized carbons (Fsp3) is 0.556. The molecule has 2 fully saturated rings. The van der Waals surface area contributed by atoms with Crippen molar-refractivity contribution in [1.82, 2.24) is 14.5 Å². The Morgan fingerprint density at radius 2 is 1.54 bits per heavy atom. The van der Waals surface area contributed by atoms with Crippen LogP contribution in [0.2, 0.25) is 0 Å². The molecule has 0 radical (unpaired) electrons. The van der Waals surface area contributed by atoms with E-state index < -0.39 is 15.9 Å². The first-order valence-corrected chi connectivity index (χ1v) is 15.5. The number of carbonyl (C=O) groups excluding carboxylic acids is 2. The summed E-state index contributed by atoms with van der Waals surface area (Å²) in [4.78, 5) is 30.2. The molecule has 212 valence electrons. The first-order chi connectivity index (χ1) is 18.4. The quantitative estimate of drug-likeness (QED) is 0.562. The maximum atomic E-state index is 13.8. The van der Waals surface area contributed by atoms with E-state index in [2.05, 4.69) is 38.3 Å². The number of anilines is 1. The van der Waals surface area contributed by atoms with Gasteiger partial charge in [-0.2, -0.15) is 4.31 Å². The molecule has 5 rings (SSSR count). The zero-order valence-corrected chi connectivity index (χ0v) is 24.5. The van der Waals surface area contributed by atoms with Gasteiger partial charge in [-0.25, -0.2) is 8.42 Å². The second-order valence-electron chi connectivity index (χ2n) is 11.3. The van der Waals surface area contributed by atoms with Gasteiger partial charge in [-0.05, 0) is 63.9 Å². The fourth-order valence-corrected chi connectivity index (χ4v) is 8.33. The van der Waals surface area contributed by atoms with Crippen LogP contribution in [0.5, 0.6) is 0 Å². The molecule has 39 heavy (non-hydrogen) atoms. The largest absolute Gasteiger partial charge is 0.379 e. The van der Waals surface area contributed by atoms with Crippen molar-refractivity contribution in [3.63, 3.8) is 0 Å². The van der Waals surface area contributed by atoms with Crippen molar-refractivity contribution in [2.75, 3.05) is 57.9 Å². The zero-order valence-electron chi connectivity index (χ0n) is 22.8. The van der Waals surface area contributed by atoms with E-state index in [4.69, 9.17) is 9.47 Å². The van der Waals surface area contributed by atoms with Gasteiger partial charge in [0.2, 0.25) is 10.0 Å². The Bertz CT molecular complexity index is 1360. The number of hydrogen-bond donors (Lipinski definition) is 2. The van der Waals surface area contributed by atoms with Crippen LogP contribution in [0.1, 0.15) is 58.9 Å². The molecule has 0 aliphatic carbocycles. The van der Waals surface area contributed by atoms with Crippen molar-refractivity contribution in [2.24, 2.45) is 0 Å². The number of fused-ring (bicyclic) bond motifs is 1. The summed E-state index contributed by atoms with van der Waals surface area (Å²) in [6, 6.07) is 5.92. The highest BCUT2D eigenvalue weighted by Crippen LogP contribution is 2.45. The topological polar surface area (TPSA) is 117 Å². The molecule has 2 N–H and O–H groups in total. The maximum Gasteiger partial charge on any atom is 0.257 e. The molecule has 0 spiro atoms. The van der Waals surface area contributed by atoms with E-state index in [0.29, 0.717) is 75.2 Å². The van der Waals surface area contributed by atoms with Crippen molar-refractivity contribution >= 4 is 38.2 Å². The smallest absolute Gasteiger partial charge is 0.257 e. The van der Waals surface area contributed by atoms with Crippen LogP contribution >= 0.6 is 11.3 Å². The van der Waals surface area contributed by atoms with Gasteiger partial charge in [-0.3, -0.25) is 9.59 Å². The number of nitrogens with zero attached hydrogens (tertiary/aromatic N) is 2. The van der Waals surface area contributed by atoms with Crippen LogP contribution in [0.15, 0.2) is 29.2 Å². The second kappa shape index (κ2) is 10.6. The Hall–Kier alpha value is -2.35. The first-order valence-electron chi connectivity index (χ1n) is 13.2. The molecule has 3 aliphatic rings. The molecule has 10 nitrogen and oxygen atoms in total. The lowest BCUT2D eigenvalue weighted by Crippen LogP contribution is -2.55. The molecule has 0 bridgehead atoms. The highest BCUT2D eigenvalue weighted by molar-refractivity contribution is 7.89. The van der Waals surface area contributed by atoms with Gasteiger partial charge in [0, 0.05) is 47.7 Å². The summed E-state index contributed by atoms with van der Waals surface area (Å²) in [7, 11) is -3.66. The van der Waals surface area contributed by atoms with Crippen molar-refractivity contribution in [3.8, 4) is 0 Å². The minimum Gasteiger partial charge on any atom is -0.379 e. The van der Waals surface area contributed by atoms with Gasteiger partial charge in [0.1, 0.15) is 5.00 Å². The van der Waals surface area contributed by atoms with Gasteiger partial charge < -0.3 is 25.0 Å². The van der Waals surface area contributed by atoms with Crippen LogP contribution in [0.25, 0.3) is 0 Å². The summed E-state index contributed by atoms with van der Waals surface area (Å²) in [5, 5.41) is 7.16. The van der Waals surface area contributed by atoms with Crippen LogP contribution in [0.3, 0.4) is 0 Å². The van der Waals surface area contributed by atoms with Crippen LogP contribution in [-0.2, 0) is 31.5 Å². The van der Waals surface area contributed by atoms with Crippen LogP contribution in [0.4, 0.5) is 5.00 Å². The molecule has 2 saturated heterocycles. The molecule has 4 heterocycles. The number of rotatable bonds is 5. The van der Waals surface area contributed by atoms with E-state index in [1.54, 1.807) is 4.90 Å². The summed E-state index contributed by atoms with van der Waals surface area (Å²) < 4.78 is 38.0. The number of thiophene rings is 1. The summed E-state index contributed by atoms with van der Waals surface area (Å²) in [6.07, 6.45) is 0.650. The van der Waals surface area contributed by atoms with E-state index in [1.807, 2.05) is 0 Å². The fourth-order valence-electron chi connectivity index (χ4n) is 5.66. The summed E-state index contributed by atoms with van der Waals surface area (Å²) in [5.41, 5.74) is 1.19. The van der Waals surface area contributed by atoms with Crippen molar-refractivity contribution < 1.29 is 27.5 Å². The molecule has 2 amide bonds. The molecule has 0 atom stereocenters. The predicted molar refractivity (Wildman–Crippen MR) is 149 cm³/mol. The zero-order chi connectivity index (χ0) is 28.0. The lowest BCUT2D eigenvalue weighted by Gasteiger charge is -2.42. The standard InChI is InChI=1S/C27H36N4O6S2/c1-26(2)17-20-21(25(33)30-9-13-36-14-10-30)24(38-22(20)27(3,4)29-26)28-23(32)18-5-7-19(8-6-18)39(34,35)31-11-15-37-16-12-31/h5-8,29H,9-17H2,1-4H3,(H,28,32). The predicted octanol–water partition coefficient (Wildman–Crippen LogP) is 2.65. The minimum absolute atomic E-state index is 0.105. The van der Waals surface area contributed by atoms with Gasteiger partial charge in [-0.15, -0.1) is 11.3 Å².